The molecule has 0 unspecified atom stereocenters. The smallest absolute Gasteiger partial charge is 0.253 e. The van der Waals surface area contributed by atoms with Crippen LogP contribution < -0.4 is 25.2 Å². The van der Waals surface area contributed by atoms with Crippen molar-refractivity contribution in [1.82, 2.24) is 4.98 Å². The highest BCUT2D eigenvalue weighted by atomic mass is 16.7. The van der Waals surface area contributed by atoms with E-state index in [4.69, 9.17) is 9.47 Å². The number of benzene rings is 2. The average Bonchev–Trinajstić information content (AvgIpc) is 3.19. The number of anilines is 2. The predicted molar refractivity (Wildman–Crippen MR) is 115 cm³/mol. The number of nitrogens with one attached hydrogen (secondary N) is 2. The van der Waals surface area contributed by atoms with Gasteiger partial charge in [-0.2, -0.15) is 0 Å². The predicted octanol–water partition coefficient (Wildman–Crippen LogP) is 4.11. The first-order valence-electron chi connectivity index (χ1n) is 10.2. The molecular formula is C23H25N3O3. The highest BCUT2D eigenvalue weighted by molar-refractivity contribution is 5.83. The minimum atomic E-state index is -0.0945. The second kappa shape index (κ2) is 7.35. The van der Waals surface area contributed by atoms with Crippen molar-refractivity contribution in [2.75, 3.05) is 30.1 Å². The van der Waals surface area contributed by atoms with E-state index in [1.54, 1.807) is 0 Å². The highest BCUT2D eigenvalue weighted by Gasteiger charge is 2.17. The van der Waals surface area contributed by atoms with Gasteiger partial charge in [0.05, 0.1) is 5.52 Å². The van der Waals surface area contributed by atoms with E-state index in [0.29, 0.717) is 23.6 Å². The molecule has 1 aromatic heterocycles. The van der Waals surface area contributed by atoms with E-state index in [0.717, 1.165) is 35.6 Å². The maximum Gasteiger partial charge on any atom is 0.253 e. The number of rotatable bonds is 4. The number of H-pyrrole nitrogens is 1. The lowest BCUT2D eigenvalue weighted by Crippen LogP contribution is -2.32. The zero-order valence-electron chi connectivity index (χ0n) is 16.5. The Labute approximate surface area is 169 Å². The van der Waals surface area contributed by atoms with Crippen LogP contribution in [0.4, 0.5) is 11.4 Å². The Morgan fingerprint density at radius 1 is 1.07 bits per heavy atom. The van der Waals surface area contributed by atoms with Crippen LogP contribution in [0, 0.1) is 5.92 Å². The van der Waals surface area contributed by atoms with Crippen molar-refractivity contribution in [1.29, 1.82) is 0 Å². The summed E-state index contributed by atoms with van der Waals surface area (Å²) in [6.07, 6.45) is 2.51. The van der Waals surface area contributed by atoms with Gasteiger partial charge in [-0.1, -0.05) is 6.92 Å². The maximum absolute atomic E-state index is 12.5. The van der Waals surface area contributed by atoms with Crippen LogP contribution in [-0.2, 0) is 6.54 Å². The van der Waals surface area contributed by atoms with Gasteiger partial charge in [0.25, 0.3) is 5.56 Å². The number of fused-ring (bicyclic) bond motifs is 2. The number of piperidine rings is 1. The van der Waals surface area contributed by atoms with Crippen LogP contribution in [0.15, 0.2) is 47.3 Å². The van der Waals surface area contributed by atoms with E-state index in [9.17, 15) is 4.79 Å². The Morgan fingerprint density at radius 3 is 2.55 bits per heavy atom. The van der Waals surface area contributed by atoms with Crippen molar-refractivity contribution < 1.29 is 9.47 Å². The van der Waals surface area contributed by atoms with Crippen LogP contribution in [0.25, 0.3) is 10.9 Å². The summed E-state index contributed by atoms with van der Waals surface area (Å²) >= 11 is 0. The number of hydrogen-bond acceptors (Lipinski definition) is 5. The summed E-state index contributed by atoms with van der Waals surface area (Å²) in [4.78, 5) is 17.9. The third kappa shape index (κ3) is 3.62. The van der Waals surface area contributed by atoms with Crippen LogP contribution >= 0.6 is 0 Å². The van der Waals surface area contributed by atoms with Crippen LogP contribution in [0.5, 0.6) is 11.5 Å². The molecule has 2 aromatic carbocycles. The van der Waals surface area contributed by atoms with Gasteiger partial charge in [-0.3, -0.25) is 4.79 Å². The number of aromatic amines is 1. The largest absolute Gasteiger partial charge is 0.454 e. The number of hydrogen-bond donors (Lipinski definition) is 2. The molecule has 2 N–H and O–H groups in total. The second-order valence-electron chi connectivity index (χ2n) is 7.99. The minimum Gasteiger partial charge on any atom is -0.454 e. The number of ether oxygens (including phenoxy) is 2. The molecule has 150 valence electrons. The fourth-order valence-electron chi connectivity index (χ4n) is 4.03. The fourth-order valence-corrected chi connectivity index (χ4v) is 4.03. The molecule has 0 atom stereocenters. The molecule has 6 nitrogen and oxygen atoms in total. The van der Waals surface area contributed by atoms with Gasteiger partial charge in [0.15, 0.2) is 11.5 Å². The Balaban J connectivity index is 1.29. The summed E-state index contributed by atoms with van der Waals surface area (Å²) in [5.74, 6) is 2.21. The third-order valence-electron chi connectivity index (χ3n) is 5.91. The van der Waals surface area contributed by atoms with Crippen LogP contribution in [0.1, 0.15) is 25.3 Å². The Morgan fingerprint density at radius 2 is 1.79 bits per heavy atom. The third-order valence-corrected chi connectivity index (χ3v) is 5.91. The van der Waals surface area contributed by atoms with Crippen LogP contribution in [0.2, 0.25) is 0 Å². The molecule has 2 aliphatic rings. The molecule has 0 spiro atoms. The fraction of sp³-hybridized carbons (Fsp3) is 0.348. The van der Waals surface area contributed by atoms with Crippen molar-refractivity contribution in [3.8, 4) is 11.5 Å². The lowest BCUT2D eigenvalue weighted by molar-refractivity contribution is 0.174. The SMILES string of the molecule is CC1CCN(c2ccc(NCc3cc4cc5c(cc4[nH]c3=O)OCO5)cc2)CC1. The molecule has 0 radical (unpaired) electrons. The minimum absolute atomic E-state index is 0.0945. The molecule has 1 saturated heterocycles. The van der Waals surface area contributed by atoms with Gasteiger partial charge < -0.3 is 24.7 Å². The van der Waals surface area contributed by atoms with E-state index in [-0.39, 0.29) is 12.4 Å². The number of aromatic nitrogens is 1. The molecule has 0 aliphatic carbocycles. The first kappa shape index (κ1) is 17.9. The molecule has 6 heteroatoms. The van der Waals surface area contributed by atoms with Crippen molar-refractivity contribution in [3.05, 3.63) is 58.4 Å². The molecule has 0 amide bonds. The first-order valence-corrected chi connectivity index (χ1v) is 10.2. The molecule has 29 heavy (non-hydrogen) atoms. The van der Waals surface area contributed by atoms with E-state index < -0.39 is 0 Å². The van der Waals surface area contributed by atoms with Gasteiger partial charge in [-0.15, -0.1) is 0 Å². The number of nitrogens with zero attached hydrogens (tertiary/aromatic N) is 1. The topological polar surface area (TPSA) is 66.6 Å². The maximum atomic E-state index is 12.5. The monoisotopic (exact) mass is 391 g/mol. The molecule has 0 saturated carbocycles. The zero-order valence-corrected chi connectivity index (χ0v) is 16.5. The highest BCUT2D eigenvalue weighted by Crippen LogP contribution is 2.35. The van der Waals surface area contributed by atoms with Gasteiger partial charge in [0.1, 0.15) is 0 Å². The second-order valence-corrected chi connectivity index (χ2v) is 7.99. The lowest BCUT2D eigenvalue weighted by Gasteiger charge is -2.32. The summed E-state index contributed by atoms with van der Waals surface area (Å²) in [5.41, 5.74) is 3.61. The lowest BCUT2D eigenvalue weighted by atomic mass is 9.99. The molecule has 1 fully saturated rings. The Hall–Kier alpha value is -3.15. The summed E-state index contributed by atoms with van der Waals surface area (Å²) < 4.78 is 10.8. The van der Waals surface area contributed by atoms with Gasteiger partial charge in [0.2, 0.25) is 6.79 Å². The van der Waals surface area contributed by atoms with Crippen LogP contribution in [-0.4, -0.2) is 24.9 Å². The van der Waals surface area contributed by atoms with E-state index in [2.05, 4.69) is 46.4 Å². The number of pyridine rings is 1. The summed E-state index contributed by atoms with van der Waals surface area (Å²) in [5, 5.41) is 4.29. The molecule has 3 heterocycles. The average molecular weight is 391 g/mol. The normalized spacial score (nSPS) is 16.4. The zero-order chi connectivity index (χ0) is 19.8. The summed E-state index contributed by atoms with van der Waals surface area (Å²) in [6, 6.07) is 14.1. The molecule has 3 aromatic rings. The van der Waals surface area contributed by atoms with E-state index >= 15 is 0 Å². The van der Waals surface area contributed by atoms with E-state index in [1.165, 1.54) is 18.5 Å². The molecule has 0 bridgehead atoms. The van der Waals surface area contributed by atoms with Gasteiger partial charge in [0, 0.05) is 48.0 Å². The first-order chi connectivity index (χ1) is 14.2. The van der Waals surface area contributed by atoms with Gasteiger partial charge in [-0.05, 0) is 55.2 Å². The Bertz CT molecular complexity index is 1080. The van der Waals surface area contributed by atoms with Crippen molar-refractivity contribution in [2.24, 2.45) is 5.92 Å². The summed E-state index contributed by atoms with van der Waals surface area (Å²) in [7, 11) is 0. The van der Waals surface area contributed by atoms with E-state index in [1.807, 2.05) is 18.2 Å². The van der Waals surface area contributed by atoms with Crippen molar-refractivity contribution >= 4 is 22.3 Å². The Kier molecular flexibility index (Phi) is 4.54. The van der Waals surface area contributed by atoms with Crippen molar-refractivity contribution in [2.45, 2.75) is 26.3 Å². The quantitative estimate of drug-likeness (QED) is 0.701. The molecule has 5 rings (SSSR count). The van der Waals surface area contributed by atoms with Gasteiger partial charge in [-0.25, -0.2) is 0 Å². The van der Waals surface area contributed by atoms with Crippen molar-refractivity contribution in [3.63, 3.8) is 0 Å². The standard InChI is InChI=1S/C23H25N3O3/c1-15-6-8-26(9-7-15)19-4-2-18(3-5-19)24-13-17-10-16-11-21-22(29-14-28-21)12-20(16)25-23(17)27/h2-5,10-12,15,24H,6-9,13-14H2,1H3,(H,25,27). The van der Waals surface area contributed by atoms with Gasteiger partial charge >= 0.3 is 0 Å². The summed E-state index contributed by atoms with van der Waals surface area (Å²) in [6.45, 7) is 5.25. The van der Waals surface area contributed by atoms with Crippen LogP contribution in [0.3, 0.4) is 0 Å². The molecular weight excluding hydrogens is 366 g/mol. The molecule has 2 aliphatic heterocycles.